The third kappa shape index (κ3) is 2.74. The average molecular weight is 258 g/mol. The zero-order valence-corrected chi connectivity index (χ0v) is 10.7. The zero-order chi connectivity index (χ0) is 13.2. The van der Waals surface area contributed by atoms with Crippen molar-refractivity contribution < 1.29 is 9.90 Å². The number of amides is 2. The van der Waals surface area contributed by atoms with Gasteiger partial charge in [-0.25, -0.2) is 4.79 Å². The fourth-order valence-electron chi connectivity index (χ4n) is 1.59. The Kier molecular flexibility index (Phi) is 4.07. The summed E-state index contributed by atoms with van der Waals surface area (Å²) in [5.41, 5.74) is 6.16. The van der Waals surface area contributed by atoms with Crippen LogP contribution >= 0.6 is 11.6 Å². The van der Waals surface area contributed by atoms with E-state index in [2.05, 4.69) is 5.32 Å². The molecule has 0 radical (unpaired) electrons. The van der Waals surface area contributed by atoms with Crippen LogP contribution in [0.3, 0.4) is 0 Å². The lowest BCUT2D eigenvalue weighted by Crippen LogP contribution is -2.41. The Morgan fingerprint density at radius 1 is 1.53 bits per heavy atom. The highest BCUT2D eigenvalue weighted by Gasteiger charge is 2.20. The van der Waals surface area contributed by atoms with Gasteiger partial charge in [0.05, 0.1) is 16.4 Å². The number of halogens is 1. The van der Waals surface area contributed by atoms with Gasteiger partial charge in [0.1, 0.15) is 5.75 Å². The summed E-state index contributed by atoms with van der Waals surface area (Å²) in [7, 11) is 1.69. The molecule has 0 bridgehead atoms. The number of primary amides is 1. The minimum absolute atomic E-state index is 0.0498. The topological polar surface area (TPSA) is 78.6 Å². The van der Waals surface area contributed by atoms with Crippen molar-refractivity contribution in [2.45, 2.75) is 19.9 Å². The fourth-order valence-corrected chi connectivity index (χ4v) is 1.84. The molecule has 0 aliphatic rings. The maximum atomic E-state index is 11.3. The van der Waals surface area contributed by atoms with Crippen LogP contribution in [0.1, 0.15) is 13.8 Å². The quantitative estimate of drug-likeness (QED) is 0.778. The van der Waals surface area contributed by atoms with Crippen LogP contribution in [0.5, 0.6) is 5.75 Å². The van der Waals surface area contributed by atoms with Crippen molar-refractivity contribution in [2.24, 2.45) is 5.73 Å². The maximum Gasteiger partial charge on any atom is 0.319 e. The van der Waals surface area contributed by atoms with E-state index in [9.17, 15) is 9.90 Å². The molecule has 4 N–H and O–H groups in total. The van der Waals surface area contributed by atoms with Crippen molar-refractivity contribution >= 4 is 29.0 Å². The number of nitrogens with two attached hydrogens (primary N) is 1. The molecule has 1 rings (SSSR count). The second-order valence-corrected chi connectivity index (χ2v) is 4.28. The van der Waals surface area contributed by atoms with Gasteiger partial charge in [0.2, 0.25) is 0 Å². The van der Waals surface area contributed by atoms with E-state index < -0.39 is 6.03 Å². The Bertz CT molecular complexity index is 435. The second kappa shape index (κ2) is 5.14. The van der Waals surface area contributed by atoms with Gasteiger partial charge >= 0.3 is 6.03 Å². The summed E-state index contributed by atoms with van der Waals surface area (Å²) in [6.45, 7) is 3.59. The second-order valence-electron chi connectivity index (χ2n) is 3.87. The van der Waals surface area contributed by atoms with E-state index in [0.29, 0.717) is 16.4 Å². The number of carbonyl (C=O) groups is 1. The number of carbonyl (C=O) groups excluding carboxylic acids is 1. The number of hydrogen-bond acceptors (Lipinski definition) is 3. The molecule has 0 aliphatic heterocycles. The third-order valence-corrected chi connectivity index (χ3v) is 2.66. The summed E-state index contributed by atoms with van der Waals surface area (Å²) in [5, 5.41) is 13.1. The van der Waals surface area contributed by atoms with E-state index in [1.165, 1.54) is 17.0 Å². The van der Waals surface area contributed by atoms with Crippen LogP contribution in [0.15, 0.2) is 12.1 Å². The monoisotopic (exact) mass is 257 g/mol. The minimum atomic E-state index is -0.636. The van der Waals surface area contributed by atoms with E-state index in [0.717, 1.165) is 0 Å². The van der Waals surface area contributed by atoms with Gasteiger partial charge in [-0.15, -0.1) is 0 Å². The Morgan fingerprint density at radius 3 is 2.53 bits per heavy atom. The number of hydrogen-bond donors (Lipinski definition) is 3. The van der Waals surface area contributed by atoms with Crippen LogP contribution in [0.25, 0.3) is 0 Å². The molecule has 0 spiro atoms. The number of nitrogens with one attached hydrogen (secondary N) is 1. The molecule has 5 nitrogen and oxygen atoms in total. The molecule has 0 heterocycles. The van der Waals surface area contributed by atoms with Crippen molar-refractivity contribution in [3.63, 3.8) is 0 Å². The highest BCUT2D eigenvalue weighted by Crippen LogP contribution is 2.36. The largest absolute Gasteiger partial charge is 0.506 e. The summed E-state index contributed by atoms with van der Waals surface area (Å²) in [5.74, 6) is -0.0498. The number of urea groups is 1. The molecule has 17 heavy (non-hydrogen) atoms. The van der Waals surface area contributed by atoms with Crippen molar-refractivity contribution in [1.82, 2.24) is 0 Å². The predicted octanol–water partition coefficient (Wildman–Crippen LogP) is 2.38. The molecule has 1 aromatic carbocycles. The van der Waals surface area contributed by atoms with Crippen molar-refractivity contribution in [1.29, 1.82) is 0 Å². The summed E-state index contributed by atoms with van der Waals surface area (Å²) < 4.78 is 0. The maximum absolute atomic E-state index is 11.3. The van der Waals surface area contributed by atoms with Crippen molar-refractivity contribution in [3.05, 3.63) is 17.2 Å². The average Bonchev–Trinajstić information content (AvgIpc) is 2.21. The van der Waals surface area contributed by atoms with Gasteiger partial charge in [-0.3, -0.25) is 4.90 Å². The molecule has 94 valence electrons. The van der Waals surface area contributed by atoms with Gasteiger partial charge in [0, 0.05) is 19.2 Å². The number of benzene rings is 1. The summed E-state index contributed by atoms with van der Waals surface area (Å²) in [6, 6.07) is 2.15. The first-order valence-electron chi connectivity index (χ1n) is 5.17. The molecule has 0 aliphatic carbocycles. The van der Waals surface area contributed by atoms with Crippen LogP contribution < -0.4 is 16.0 Å². The van der Waals surface area contributed by atoms with E-state index in [1.807, 2.05) is 0 Å². The van der Waals surface area contributed by atoms with E-state index in [-0.39, 0.29) is 11.8 Å². The predicted molar refractivity (Wildman–Crippen MR) is 69.9 cm³/mol. The third-order valence-electron chi connectivity index (χ3n) is 2.35. The van der Waals surface area contributed by atoms with Crippen molar-refractivity contribution in [2.75, 3.05) is 17.3 Å². The number of aromatic hydroxyl groups is 1. The van der Waals surface area contributed by atoms with Gasteiger partial charge in [-0.05, 0) is 19.9 Å². The molecule has 0 atom stereocenters. The van der Waals surface area contributed by atoms with Gasteiger partial charge < -0.3 is 16.2 Å². The molecular weight excluding hydrogens is 242 g/mol. The fraction of sp³-hybridized carbons (Fsp3) is 0.364. The summed E-state index contributed by atoms with van der Waals surface area (Å²) in [4.78, 5) is 12.6. The number of phenolic OH excluding ortho intramolecular Hbond substituents is 1. The Hall–Kier alpha value is -1.62. The van der Waals surface area contributed by atoms with Crippen LogP contribution in [-0.2, 0) is 0 Å². The smallest absolute Gasteiger partial charge is 0.319 e. The Balaban J connectivity index is 3.30. The number of nitrogens with zero attached hydrogens (tertiary/aromatic N) is 1. The van der Waals surface area contributed by atoms with Crippen LogP contribution in [0.4, 0.5) is 16.2 Å². The van der Waals surface area contributed by atoms with Crippen LogP contribution in [0.2, 0.25) is 5.02 Å². The molecule has 0 unspecified atom stereocenters. The molecule has 0 aromatic heterocycles. The molecule has 1 aromatic rings. The zero-order valence-electron chi connectivity index (χ0n) is 9.99. The molecule has 2 amide bonds. The highest BCUT2D eigenvalue weighted by molar-refractivity contribution is 6.33. The van der Waals surface area contributed by atoms with E-state index >= 15 is 0 Å². The number of phenols is 1. The molecule has 0 fully saturated rings. The first-order valence-corrected chi connectivity index (χ1v) is 5.55. The molecule has 0 saturated heterocycles. The van der Waals surface area contributed by atoms with E-state index in [4.69, 9.17) is 17.3 Å². The molecule has 6 heteroatoms. The van der Waals surface area contributed by atoms with Gasteiger partial charge in [0.15, 0.2) is 0 Å². The van der Waals surface area contributed by atoms with Crippen molar-refractivity contribution in [3.8, 4) is 5.75 Å². The molecule has 0 saturated carbocycles. The van der Waals surface area contributed by atoms with Crippen LogP contribution in [0, 0.1) is 0 Å². The number of anilines is 2. The highest BCUT2D eigenvalue weighted by atomic mass is 35.5. The molecular formula is C11H16ClN3O2. The van der Waals surface area contributed by atoms with Gasteiger partial charge in [0.25, 0.3) is 0 Å². The first kappa shape index (κ1) is 13.4. The lowest BCUT2D eigenvalue weighted by Gasteiger charge is -2.26. The summed E-state index contributed by atoms with van der Waals surface area (Å²) >= 11 is 6.00. The number of rotatable bonds is 3. The summed E-state index contributed by atoms with van der Waals surface area (Å²) in [6.07, 6.45) is 0. The van der Waals surface area contributed by atoms with E-state index in [1.54, 1.807) is 20.9 Å². The Labute approximate surface area is 105 Å². The van der Waals surface area contributed by atoms with Crippen LogP contribution in [-0.4, -0.2) is 24.2 Å². The first-order chi connectivity index (χ1) is 7.88. The lowest BCUT2D eigenvalue weighted by molar-refractivity contribution is 0.252. The lowest BCUT2D eigenvalue weighted by atomic mass is 10.2. The SMILES string of the molecule is CNc1cc(O)c(N(C(N)=O)C(C)C)cc1Cl. The Morgan fingerprint density at radius 2 is 2.12 bits per heavy atom. The van der Waals surface area contributed by atoms with Gasteiger partial charge in [-0.1, -0.05) is 11.6 Å². The minimum Gasteiger partial charge on any atom is -0.506 e. The standard InChI is InChI=1S/C11H16ClN3O2/c1-6(2)15(11(13)17)9-4-7(12)8(14-3)5-10(9)16/h4-6,14,16H,1-3H3,(H2,13,17). The normalized spacial score (nSPS) is 10.4. The van der Waals surface area contributed by atoms with Gasteiger partial charge in [-0.2, -0.15) is 0 Å².